The zero-order valence-corrected chi connectivity index (χ0v) is 15.8. The fraction of sp³-hybridized carbons (Fsp3) is 0.267. The lowest BCUT2D eigenvalue weighted by atomic mass is 10.2. The van der Waals surface area contributed by atoms with Gasteiger partial charge in [0.05, 0.1) is 11.3 Å². The molecule has 0 aliphatic carbocycles. The molecule has 3 heterocycles. The van der Waals surface area contributed by atoms with Gasteiger partial charge in [-0.15, -0.1) is 10.2 Å². The number of carbonyl (C=O) groups is 2. The number of anilines is 2. The second kappa shape index (κ2) is 7.70. The maximum atomic E-state index is 12.2. The molecule has 0 spiro atoms. The van der Waals surface area contributed by atoms with Crippen LogP contribution >= 0.6 is 23.1 Å². The maximum Gasteiger partial charge on any atom is 0.261 e. The van der Waals surface area contributed by atoms with Crippen molar-refractivity contribution in [2.24, 2.45) is 0 Å². The first-order valence-electron chi connectivity index (χ1n) is 7.48. The Kier molecular flexibility index (Phi) is 5.38. The summed E-state index contributed by atoms with van der Waals surface area (Å²) in [6.45, 7) is 5.23. The van der Waals surface area contributed by atoms with Crippen LogP contribution in [-0.2, 0) is 4.79 Å². The van der Waals surface area contributed by atoms with Crippen molar-refractivity contribution in [1.82, 2.24) is 15.4 Å². The zero-order valence-electron chi connectivity index (χ0n) is 14.2. The van der Waals surface area contributed by atoms with E-state index >= 15 is 0 Å². The van der Waals surface area contributed by atoms with Crippen molar-refractivity contribution in [2.45, 2.75) is 25.1 Å². The lowest BCUT2D eigenvalue weighted by Gasteiger charge is -1.99. The molecule has 0 saturated carbocycles. The predicted molar refractivity (Wildman–Crippen MR) is 96.6 cm³/mol. The van der Waals surface area contributed by atoms with E-state index in [0.717, 1.165) is 0 Å². The number of aromatic nitrogens is 3. The van der Waals surface area contributed by atoms with Crippen molar-refractivity contribution < 1.29 is 18.5 Å². The van der Waals surface area contributed by atoms with Gasteiger partial charge < -0.3 is 14.3 Å². The fourth-order valence-electron chi connectivity index (χ4n) is 2.07. The summed E-state index contributed by atoms with van der Waals surface area (Å²) in [4.78, 5) is 24.1. The predicted octanol–water partition coefficient (Wildman–Crippen LogP) is 3.03. The lowest BCUT2D eigenvalue weighted by molar-refractivity contribution is -0.113. The molecule has 136 valence electrons. The molecule has 2 amide bonds. The van der Waals surface area contributed by atoms with Gasteiger partial charge in [-0.3, -0.25) is 14.9 Å². The van der Waals surface area contributed by atoms with E-state index in [1.165, 1.54) is 23.1 Å². The molecule has 2 N–H and O–H groups in total. The second-order valence-corrected chi connectivity index (χ2v) is 7.51. The Labute approximate surface area is 156 Å². The minimum atomic E-state index is -0.314. The number of rotatable bonds is 6. The average Bonchev–Trinajstić information content (AvgIpc) is 3.27. The number of hydrogen-bond donors (Lipinski definition) is 2. The molecule has 11 heteroatoms. The summed E-state index contributed by atoms with van der Waals surface area (Å²) in [5.41, 5.74) is 0.453. The second-order valence-electron chi connectivity index (χ2n) is 5.31. The van der Waals surface area contributed by atoms with Gasteiger partial charge in [-0.05, 0) is 26.8 Å². The third kappa shape index (κ3) is 4.49. The van der Waals surface area contributed by atoms with Crippen molar-refractivity contribution >= 4 is 45.9 Å². The molecule has 0 aliphatic heterocycles. The molecular weight excluding hydrogens is 378 g/mol. The van der Waals surface area contributed by atoms with Crippen LogP contribution in [0.1, 0.15) is 27.6 Å². The minimum absolute atomic E-state index is 0.133. The highest BCUT2D eigenvalue weighted by Gasteiger charge is 2.16. The number of amides is 2. The Hall–Kier alpha value is -2.66. The van der Waals surface area contributed by atoms with Gasteiger partial charge in [0.2, 0.25) is 11.0 Å². The number of thioether (sulfide) groups is 1. The molecule has 3 rings (SSSR count). The first kappa shape index (κ1) is 18.1. The van der Waals surface area contributed by atoms with E-state index in [0.29, 0.717) is 38.1 Å². The molecule has 0 aromatic carbocycles. The van der Waals surface area contributed by atoms with Gasteiger partial charge in [0.1, 0.15) is 17.3 Å². The zero-order chi connectivity index (χ0) is 18.7. The third-order valence-corrected chi connectivity index (χ3v) is 5.11. The van der Waals surface area contributed by atoms with Gasteiger partial charge in [-0.25, -0.2) is 0 Å². The number of hydrogen-bond acceptors (Lipinski definition) is 9. The highest BCUT2D eigenvalue weighted by molar-refractivity contribution is 8.01. The summed E-state index contributed by atoms with van der Waals surface area (Å²) >= 11 is 2.40. The van der Waals surface area contributed by atoms with Crippen LogP contribution in [-0.4, -0.2) is 32.9 Å². The molecule has 0 aliphatic rings. The van der Waals surface area contributed by atoms with Crippen LogP contribution in [0.4, 0.5) is 10.9 Å². The van der Waals surface area contributed by atoms with Crippen LogP contribution in [0.5, 0.6) is 0 Å². The van der Waals surface area contributed by atoms with Crippen molar-refractivity contribution in [3.05, 3.63) is 35.0 Å². The molecule has 0 saturated heterocycles. The number of aryl methyl sites for hydroxylation is 3. The van der Waals surface area contributed by atoms with E-state index in [9.17, 15) is 9.59 Å². The van der Waals surface area contributed by atoms with Crippen molar-refractivity contribution in [1.29, 1.82) is 0 Å². The van der Waals surface area contributed by atoms with Crippen LogP contribution in [0, 0.1) is 20.8 Å². The van der Waals surface area contributed by atoms with Crippen LogP contribution in [0.2, 0.25) is 0 Å². The first-order chi connectivity index (χ1) is 12.4. The Morgan fingerprint density at radius 1 is 1.15 bits per heavy atom. The van der Waals surface area contributed by atoms with E-state index in [1.807, 2.05) is 0 Å². The molecule has 0 radical (unpaired) electrons. The molecule has 0 unspecified atom stereocenters. The van der Waals surface area contributed by atoms with Gasteiger partial charge >= 0.3 is 0 Å². The average molecular weight is 393 g/mol. The van der Waals surface area contributed by atoms with E-state index in [2.05, 4.69) is 26.0 Å². The topological polar surface area (TPSA) is 123 Å². The van der Waals surface area contributed by atoms with Crippen molar-refractivity contribution in [3.8, 4) is 0 Å². The normalized spacial score (nSPS) is 10.7. The molecule has 9 nitrogen and oxygen atoms in total. The Bertz CT molecular complexity index is 946. The third-order valence-electron chi connectivity index (χ3n) is 3.13. The maximum absolute atomic E-state index is 12.2. The molecule has 0 atom stereocenters. The lowest BCUT2D eigenvalue weighted by Crippen LogP contribution is -2.14. The SMILES string of the molecule is Cc1cc(NC(=O)CSc2nnc(NC(=O)c3cc(C)oc3C)s2)no1. The van der Waals surface area contributed by atoms with Gasteiger partial charge in [0, 0.05) is 6.07 Å². The molecular formula is C15H15N5O4S2. The van der Waals surface area contributed by atoms with E-state index in [-0.39, 0.29) is 17.6 Å². The van der Waals surface area contributed by atoms with Crippen LogP contribution in [0.3, 0.4) is 0 Å². The number of carbonyl (C=O) groups excluding carboxylic acids is 2. The number of nitrogens with zero attached hydrogens (tertiary/aromatic N) is 3. The van der Waals surface area contributed by atoms with E-state index < -0.39 is 0 Å². The summed E-state index contributed by atoms with van der Waals surface area (Å²) in [6, 6.07) is 3.29. The Balaban J connectivity index is 1.52. The van der Waals surface area contributed by atoms with E-state index in [4.69, 9.17) is 8.94 Å². The van der Waals surface area contributed by atoms with Crippen molar-refractivity contribution in [3.63, 3.8) is 0 Å². The number of furan rings is 1. The summed E-state index contributed by atoms with van der Waals surface area (Å²) in [6.07, 6.45) is 0. The van der Waals surface area contributed by atoms with E-state index in [1.54, 1.807) is 32.9 Å². The highest BCUT2D eigenvalue weighted by Crippen LogP contribution is 2.26. The smallest absolute Gasteiger partial charge is 0.261 e. The first-order valence-corrected chi connectivity index (χ1v) is 9.29. The quantitative estimate of drug-likeness (QED) is 0.484. The standard InChI is InChI=1S/C15H15N5O4S2/c1-7-4-10(9(3)23-7)13(22)17-14-18-19-15(26-14)25-6-12(21)16-11-5-8(2)24-20-11/h4-5H,6H2,1-3H3,(H,16,20,21)(H,17,18,22). The largest absolute Gasteiger partial charge is 0.466 e. The van der Waals surface area contributed by atoms with Crippen LogP contribution in [0.25, 0.3) is 0 Å². The van der Waals surface area contributed by atoms with Gasteiger partial charge in [-0.1, -0.05) is 28.3 Å². The molecule has 0 fully saturated rings. The Morgan fingerprint density at radius 2 is 1.96 bits per heavy atom. The van der Waals surface area contributed by atoms with Gasteiger partial charge in [-0.2, -0.15) is 0 Å². The number of nitrogens with one attached hydrogen (secondary N) is 2. The van der Waals surface area contributed by atoms with Gasteiger partial charge in [0.25, 0.3) is 5.91 Å². The van der Waals surface area contributed by atoms with Crippen LogP contribution in [0.15, 0.2) is 25.4 Å². The van der Waals surface area contributed by atoms with Crippen molar-refractivity contribution in [2.75, 3.05) is 16.4 Å². The summed E-state index contributed by atoms with van der Waals surface area (Å²) in [5.74, 6) is 1.76. The summed E-state index contributed by atoms with van der Waals surface area (Å²) in [5, 5.41) is 17.2. The van der Waals surface area contributed by atoms with Gasteiger partial charge in [0.15, 0.2) is 10.2 Å². The molecule has 3 aromatic rings. The summed E-state index contributed by atoms with van der Waals surface area (Å²) in [7, 11) is 0. The minimum Gasteiger partial charge on any atom is -0.466 e. The van der Waals surface area contributed by atoms with Crippen LogP contribution < -0.4 is 10.6 Å². The Morgan fingerprint density at radius 3 is 2.62 bits per heavy atom. The molecule has 26 heavy (non-hydrogen) atoms. The highest BCUT2D eigenvalue weighted by atomic mass is 32.2. The molecule has 3 aromatic heterocycles. The molecule has 0 bridgehead atoms. The fourth-order valence-corrected chi connectivity index (χ4v) is 3.62. The summed E-state index contributed by atoms with van der Waals surface area (Å²) < 4.78 is 10.8. The monoisotopic (exact) mass is 393 g/mol.